The predicted molar refractivity (Wildman–Crippen MR) is 72.3 cm³/mol. The molecular weight excluding hydrogens is 196 g/mol. The van der Waals surface area contributed by atoms with E-state index in [1.807, 2.05) is 0 Å². The van der Waals surface area contributed by atoms with Crippen LogP contribution in [-0.4, -0.2) is 8.07 Å². The number of rotatable bonds is 2. The molecule has 84 valence electrons. The summed E-state index contributed by atoms with van der Waals surface area (Å²) in [6.07, 6.45) is 3.39. The summed E-state index contributed by atoms with van der Waals surface area (Å²) in [6, 6.07) is 0. The molecule has 1 heteroatoms. The maximum Gasteiger partial charge on any atom is 0.139 e. The molecule has 0 unspecified atom stereocenters. The fourth-order valence-corrected chi connectivity index (χ4v) is 1.50. The van der Waals surface area contributed by atoms with Crippen LogP contribution in [0.4, 0.5) is 0 Å². The molecule has 0 amide bonds. The molecule has 0 saturated heterocycles. The van der Waals surface area contributed by atoms with Crippen molar-refractivity contribution in [1.82, 2.24) is 0 Å². The van der Waals surface area contributed by atoms with Gasteiger partial charge in [-0.2, -0.15) is 0 Å². The predicted octanol–water partition coefficient (Wildman–Crippen LogP) is 4.23. The van der Waals surface area contributed by atoms with Crippen molar-refractivity contribution in [2.75, 3.05) is 0 Å². The molecule has 0 aliphatic carbocycles. The summed E-state index contributed by atoms with van der Waals surface area (Å²) in [5, 5.41) is 0.338. The summed E-state index contributed by atoms with van der Waals surface area (Å²) in [6.45, 7) is 13.6. The SMILES string of the molecule is CCCCC#CC#C[Si](C)(C)C(C)(C)C. The molecule has 0 N–H and O–H groups in total. The highest BCUT2D eigenvalue weighted by Crippen LogP contribution is 2.34. The standard InChI is InChI=1S/C14H24Si/c1-7-8-9-10-11-12-13-15(5,6)14(2,3)4/h7-9H2,1-6H3. The van der Waals surface area contributed by atoms with Crippen molar-refractivity contribution in [3.8, 4) is 23.3 Å². The van der Waals surface area contributed by atoms with Crippen molar-refractivity contribution >= 4 is 8.07 Å². The zero-order chi connectivity index (χ0) is 11.9. The van der Waals surface area contributed by atoms with Crippen LogP contribution < -0.4 is 0 Å². The lowest BCUT2D eigenvalue weighted by molar-refractivity contribution is 0.731. The second-order valence-corrected chi connectivity index (χ2v) is 10.5. The van der Waals surface area contributed by atoms with Crippen molar-refractivity contribution in [3.05, 3.63) is 0 Å². The van der Waals surface area contributed by atoms with Gasteiger partial charge in [0.05, 0.1) is 0 Å². The maximum absolute atomic E-state index is 3.39. The van der Waals surface area contributed by atoms with Gasteiger partial charge in [0.1, 0.15) is 8.07 Å². The lowest BCUT2D eigenvalue weighted by Crippen LogP contribution is -2.35. The van der Waals surface area contributed by atoms with Gasteiger partial charge in [-0.15, -0.1) is 5.54 Å². The van der Waals surface area contributed by atoms with Crippen LogP contribution in [0.5, 0.6) is 0 Å². The minimum atomic E-state index is -1.44. The fraction of sp³-hybridized carbons (Fsp3) is 0.714. The van der Waals surface area contributed by atoms with Crippen LogP contribution in [0.1, 0.15) is 47.0 Å². The molecule has 0 aliphatic heterocycles. The Bertz CT molecular complexity index is 296. The largest absolute Gasteiger partial charge is 0.139 e. The highest BCUT2D eigenvalue weighted by atomic mass is 28.3. The third kappa shape index (κ3) is 5.70. The van der Waals surface area contributed by atoms with Crippen LogP contribution in [0.25, 0.3) is 0 Å². The molecule has 0 spiro atoms. The Morgan fingerprint density at radius 3 is 2.13 bits per heavy atom. The molecule has 0 aromatic heterocycles. The van der Waals surface area contributed by atoms with E-state index < -0.39 is 8.07 Å². The maximum atomic E-state index is 3.39. The third-order valence-corrected chi connectivity index (χ3v) is 7.56. The molecular formula is C14H24Si. The average molecular weight is 220 g/mol. The normalized spacial score (nSPS) is 11.1. The van der Waals surface area contributed by atoms with Gasteiger partial charge in [0, 0.05) is 6.42 Å². The molecule has 0 atom stereocenters. The smallest absolute Gasteiger partial charge is 0.117 e. The van der Waals surface area contributed by atoms with E-state index in [0.29, 0.717) is 5.04 Å². The number of hydrogen-bond acceptors (Lipinski definition) is 0. The van der Waals surface area contributed by atoms with Gasteiger partial charge >= 0.3 is 0 Å². The summed E-state index contributed by atoms with van der Waals surface area (Å²) in [5.41, 5.74) is 3.39. The molecule has 0 heterocycles. The molecule has 0 radical (unpaired) electrons. The first-order chi connectivity index (χ1) is 6.81. The van der Waals surface area contributed by atoms with E-state index >= 15 is 0 Å². The van der Waals surface area contributed by atoms with Gasteiger partial charge in [0.25, 0.3) is 0 Å². The van der Waals surface area contributed by atoms with E-state index in [1.165, 1.54) is 12.8 Å². The lowest BCUT2D eigenvalue weighted by atomic mass is 10.2. The van der Waals surface area contributed by atoms with Crippen LogP contribution in [0.3, 0.4) is 0 Å². The summed E-state index contributed by atoms with van der Waals surface area (Å²) < 4.78 is 0. The Morgan fingerprint density at radius 2 is 1.67 bits per heavy atom. The summed E-state index contributed by atoms with van der Waals surface area (Å²) in [4.78, 5) is 0. The minimum absolute atomic E-state index is 0.338. The van der Waals surface area contributed by atoms with Crippen LogP contribution >= 0.6 is 0 Å². The zero-order valence-corrected chi connectivity index (χ0v) is 12.1. The molecule has 0 rings (SSSR count). The van der Waals surface area contributed by atoms with Gasteiger partial charge in [0.2, 0.25) is 0 Å². The summed E-state index contributed by atoms with van der Waals surface area (Å²) in [5.74, 6) is 9.12. The molecule has 0 aromatic carbocycles. The third-order valence-electron chi connectivity index (χ3n) is 3.06. The van der Waals surface area contributed by atoms with Crippen LogP contribution in [0.2, 0.25) is 18.1 Å². The second kappa shape index (κ2) is 6.04. The summed E-state index contributed by atoms with van der Waals surface area (Å²) in [7, 11) is -1.44. The van der Waals surface area contributed by atoms with Crippen molar-refractivity contribution < 1.29 is 0 Å². The van der Waals surface area contributed by atoms with Gasteiger partial charge in [-0.3, -0.25) is 0 Å². The average Bonchev–Trinajstić information content (AvgIpc) is 2.09. The highest BCUT2D eigenvalue weighted by molar-refractivity contribution is 6.87. The van der Waals surface area contributed by atoms with Crippen molar-refractivity contribution in [2.45, 2.75) is 65.1 Å². The topological polar surface area (TPSA) is 0 Å². The fourth-order valence-electron chi connectivity index (χ4n) is 0.747. The van der Waals surface area contributed by atoms with E-state index in [-0.39, 0.29) is 0 Å². The molecule has 0 saturated carbocycles. The van der Waals surface area contributed by atoms with E-state index in [4.69, 9.17) is 0 Å². The Morgan fingerprint density at radius 1 is 1.07 bits per heavy atom. The second-order valence-electron chi connectivity index (χ2n) is 5.53. The molecule has 0 bridgehead atoms. The molecule has 0 aliphatic rings. The van der Waals surface area contributed by atoms with Gasteiger partial charge in [-0.25, -0.2) is 0 Å². The first-order valence-corrected chi connectivity index (χ1v) is 8.81. The van der Waals surface area contributed by atoms with E-state index in [9.17, 15) is 0 Å². The van der Waals surface area contributed by atoms with Gasteiger partial charge < -0.3 is 0 Å². The quantitative estimate of drug-likeness (QED) is 0.371. The first kappa shape index (κ1) is 14.3. The van der Waals surface area contributed by atoms with Crippen LogP contribution in [0, 0.1) is 23.3 Å². The zero-order valence-electron chi connectivity index (χ0n) is 11.1. The molecule has 0 nitrogen and oxygen atoms in total. The highest BCUT2D eigenvalue weighted by Gasteiger charge is 2.33. The number of unbranched alkanes of at least 4 members (excludes halogenated alkanes) is 2. The molecule has 0 aromatic rings. The Labute approximate surface area is 96.9 Å². The Hall–Kier alpha value is -0.663. The van der Waals surface area contributed by atoms with Crippen molar-refractivity contribution in [3.63, 3.8) is 0 Å². The monoisotopic (exact) mass is 220 g/mol. The summed E-state index contributed by atoms with van der Waals surface area (Å²) >= 11 is 0. The van der Waals surface area contributed by atoms with Crippen LogP contribution in [-0.2, 0) is 0 Å². The Balaban J connectivity index is 4.32. The van der Waals surface area contributed by atoms with E-state index in [2.05, 4.69) is 64.1 Å². The van der Waals surface area contributed by atoms with Gasteiger partial charge in [-0.1, -0.05) is 53.1 Å². The minimum Gasteiger partial charge on any atom is -0.117 e. The number of hydrogen-bond donors (Lipinski definition) is 0. The van der Waals surface area contributed by atoms with Crippen LogP contribution in [0.15, 0.2) is 0 Å². The van der Waals surface area contributed by atoms with Gasteiger partial charge in [0.15, 0.2) is 0 Å². The lowest BCUT2D eigenvalue weighted by Gasteiger charge is -2.31. The first-order valence-electron chi connectivity index (χ1n) is 5.81. The Kier molecular flexibility index (Phi) is 5.77. The van der Waals surface area contributed by atoms with Crippen molar-refractivity contribution in [2.24, 2.45) is 0 Å². The van der Waals surface area contributed by atoms with E-state index in [0.717, 1.165) is 6.42 Å². The van der Waals surface area contributed by atoms with Gasteiger partial charge in [-0.05, 0) is 23.3 Å². The van der Waals surface area contributed by atoms with E-state index in [1.54, 1.807) is 0 Å². The van der Waals surface area contributed by atoms with Crippen molar-refractivity contribution in [1.29, 1.82) is 0 Å². The molecule has 0 fully saturated rings. The molecule has 15 heavy (non-hydrogen) atoms.